The van der Waals surface area contributed by atoms with Crippen molar-refractivity contribution >= 4 is 21.8 Å². The third-order valence-electron chi connectivity index (χ3n) is 4.69. The summed E-state index contributed by atoms with van der Waals surface area (Å²) >= 11 is 3.49. The molecule has 0 saturated carbocycles. The Bertz CT molecular complexity index is 744. The standard InChI is InChI=1S/C20H22BrNO2/c1-22(13-15-12-16(21)10-11-19(15)24-2)20(23)18-9-5-7-14-6-3-4-8-17(14)18/h3-4,6,8,10-12,18H,5,7,9,13H2,1-2H3/t18-/m0/s1. The van der Waals surface area contributed by atoms with E-state index >= 15 is 0 Å². The van der Waals surface area contributed by atoms with E-state index in [0.717, 1.165) is 35.0 Å². The van der Waals surface area contributed by atoms with Crippen molar-refractivity contribution in [3.8, 4) is 5.75 Å². The number of fused-ring (bicyclic) bond motifs is 1. The number of carbonyl (C=O) groups excluding carboxylic acids is 1. The molecule has 0 heterocycles. The number of benzene rings is 2. The molecule has 1 atom stereocenters. The van der Waals surface area contributed by atoms with E-state index in [1.165, 1.54) is 11.1 Å². The molecule has 3 rings (SSSR count). The summed E-state index contributed by atoms with van der Waals surface area (Å²) in [6, 6.07) is 14.2. The summed E-state index contributed by atoms with van der Waals surface area (Å²) in [5.74, 6) is 0.962. The average Bonchev–Trinajstić information content (AvgIpc) is 2.61. The van der Waals surface area contributed by atoms with Crippen molar-refractivity contribution in [2.75, 3.05) is 14.2 Å². The number of carbonyl (C=O) groups is 1. The first-order chi connectivity index (χ1) is 11.6. The predicted octanol–water partition coefficient (Wildman–Crippen LogP) is 4.54. The number of methoxy groups -OCH3 is 1. The van der Waals surface area contributed by atoms with Crippen molar-refractivity contribution in [2.45, 2.75) is 31.7 Å². The van der Waals surface area contributed by atoms with Gasteiger partial charge in [-0.3, -0.25) is 4.79 Å². The van der Waals surface area contributed by atoms with Crippen LogP contribution in [0.4, 0.5) is 0 Å². The van der Waals surface area contributed by atoms with Gasteiger partial charge in [-0.25, -0.2) is 0 Å². The lowest BCUT2D eigenvalue weighted by Crippen LogP contribution is -2.33. The van der Waals surface area contributed by atoms with Crippen LogP contribution in [0.1, 0.15) is 35.4 Å². The number of nitrogens with zero attached hydrogens (tertiary/aromatic N) is 1. The van der Waals surface area contributed by atoms with E-state index in [9.17, 15) is 4.79 Å². The van der Waals surface area contributed by atoms with Crippen LogP contribution in [0.5, 0.6) is 5.75 Å². The third kappa shape index (κ3) is 3.48. The average molecular weight is 388 g/mol. The van der Waals surface area contributed by atoms with E-state index < -0.39 is 0 Å². The molecule has 0 saturated heterocycles. The van der Waals surface area contributed by atoms with Crippen LogP contribution >= 0.6 is 15.9 Å². The summed E-state index contributed by atoms with van der Waals surface area (Å²) in [5, 5.41) is 0. The second kappa shape index (κ2) is 7.39. The van der Waals surface area contributed by atoms with Gasteiger partial charge in [-0.2, -0.15) is 0 Å². The molecule has 3 nitrogen and oxygen atoms in total. The Morgan fingerprint density at radius 2 is 2.08 bits per heavy atom. The molecule has 0 N–H and O–H groups in total. The predicted molar refractivity (Wildman–Crippen MR) is 99.3 cm³/mol. The van der Waals surface area contributed by atoms with Gasteiger partial charge in [0, 0.05) is 23.6 Å². The number of hydrogen-bond acceptors (Lipinski definition) is 2. The fourth-order valence-electron chi connectivity index (χ4n) is 3.48. The van der Waals surface area contributed by atoms with Gasteiger partial charge < -0.3 is 9.64 Å². The Labute approximate surface area is 151 Å². The summed E-state index contributed by atoms with van der Waals surface area (Å²) in [5.41, 5.74) is 3.52. The topological polar surface area (TPSA) is 29.5 Å². The molecule has 2 aromatic carbocycles. The van der Waals surface area contributed by atoms with Crippen LogP contribution in [0.25, 0.3) is 0 Å². The zero-order valence-electron chi connectivity index (χ0n) is 14.1. The second-order valence-corrected chi connectivity index (χ2v) is 7.21. The van der Waals surface area contributed by atoms with Crippen LogP contribution in [0, 0.1) is 0 Å². The molecule has 1 amide bonds. The number of ether oxygens (including phenoxy) is 1. The highest BCUT2D eigenvalue weighted by molar-refractivity contribution is 9.10. The lowest BCUT2D eigenvalue weighted by Gasteiger charge is -2.29. The van der Waals surface area contributed by atoms with Crippen LogP contribution in [0.2, 0.25) is 0 Å². The normalized spacial score (nSPS) is 16.4. The van der Waals surface area contributed by atoms with Crippen LogP contribution in [-0.2, 0) is 17.8 Å². The molecule has 1 aliphatic rings. The SMILES string of the molecule is COc1ccc(Br)cc1CN(C)C(=O)[C@H]1CCCc2ccccc21. The Kier molecular flexibility index (Phi) is 5.24. The Morgan fingerprint density at radius 1 is 1.29 bits per heavy atom. The summed E-state index contributed by atoms with van der Waals surface area (Å²) in [7, 11) is 3.53. The summed E-state index contributed by atoms with van der Waals surface area (Å²) in [6.07, 6.45) is 3.07. The number of rotatable bonds is 4. The minimum atomic E-state index is -0.0295. The monoisotopic (exact) mass is 387 g/mol. The lowest BCUT2D eigenvalue weighted by atomic mass is 9.82. The van der Waals surface area contributed by atoms with Gasteiger partial charge >= 0.3 is 0 Å². The maximum absolute atomic E-state index is 13.0. The number of hydrogen-bond donors (Lipinski definition) is 0. The highest BCUT2D eigenvalue weighted by Crippen LogP contribution is 2.33. The molecule has 0 spiro atoms. The fraction of sp³-hybridized carbons (Fsp3) is 0.350. The summed E-state index contributed by atoms with van der Waals surface area (Å²) in [6.45, 7) is 0.542. The summed E-state index contributed by atoms with van der Waals surface area (Å²) in [4.78, 5) is 14.8. The fourth-order valence-corrected chi connectivity index (χ4v) is 3.89. The molecule has 0 fully saturated rings. The minimum absolute atomic E-state index is 0.0295. The Morgan fingerprint density at radius 3 is 2.88 bits per heavy atom. The zero-order chi connectivity index (χ0) is 17.1. The van der Waals surface area contributed by atoms with E-state index in [-0.39, 0.29) is 11.8 Å². The quantitative estimate of drug-likeness (QED) is 0.770. The van der Waals surface area contributed by atoms with E-state index in [1.807, 2.05) is 36.2 Å². The molecular weight excluding hydrogens is 366 g/mol. The van der Waals surface area contributed by atoms with Gasteiger partial charge in [0.25, 0.3) is 0 Å². The zero-order valence-corrected chi connectivity index (χ0v) is 15.7. The molecule has 0 bridgehead atoms. The Hall–Kier alpha value is -1.81. The number of likely N-dealkylation sites (N-methyl/N-ethyl adjacent to an activating group) is 1. The van der Waals surface area contributed by atoms with Crippen molar-refractivity contribution < 1.29 is 9.53 Å². The largest absolute Gasteiger partial charge is 0.496 e. The second-order valence-electron chi connectivity index (χ2n) is 6.29. The van der Waals surface area contributed by atoms with Crippen LogP contribution < -0.4 is 4.74 Å². The van der Waals surface area contributed by atoms with Crippen molar-refractivity contribution in [1.29, 1.82) is 0 Å². The van der Waals surface area contributed by atoms with Gasteiger partial charge in [0.05, 0.1) is 13.0 Å². The first-order valence-corrected chi connectivity index (χ1v) is 9.04. The van der Waals surface area contributed by atoms with Gasteiger partial charge in [-0.15, -0.1) is 0 Å². The van der Waals surface area contributed by atoms with Gasteiger partial charge in [0.15, 0.2) is 0 Å². The van der Waals surface area contributed by atoms with Gasteiger partial charge in [0.1, 0.15) is 5.75 Å². The maximum atomic E-state index is 13.0. The first-order valence-electron chi connectivity index (χ1n) is 8.25. The van der Waals surface area contributed by atoms with Crippen molar-refractivity contribution in [3.05, 3.63) is 63.6 Å². The summed E-state index contributed by atoms with van der Waals surface area (Å²) < 4.78 is 6.41. The molecule has 0 aliphatic heterocycles. The molecule has 0 unspecified atom stereocenters. The van der Waals surface area contributed by atoms with Crippen LogP contribution in [-0.4, -0.2) is 25.0 Å². The first kappa shape index (κ1) is 17.0. The molecule has 24 heavy (non-hydrogen) atoms. The van der Waals surface area contributed by atoms with E-state index in [4.69, 9.17) is 4.74 Å². The molecule has 2 aromatic rings. The van der Waals surface area contributed by atoms with E-state index in [1.54, 1.807) is 7.11 Å². The van der Waals surface area contributed by atoms with Crippen molar-refractivity contribution in [1.82, 2.24) is 4.90 Å². The van der Waals surface area contributed by atoms with Gasteiger partial charge in [0.2, 0.25) is 5.91 Å². The van der Waals surface area contributed by atoms with E-state index in [0.29, 0.717) is 6.54 Å². The third-order valence-corrected chi connectivity index (χ3v) is 5.19. The molecule has 1 aliphatic carbocycles. The number of aryl methyl sites for hydroxylation is 1. The number of halogens is 1. The van der Waals surface area contributed by atoms with E-state index in [2.05, 4.69) is 34.1 Å². The maximum Gasteiger partial charge on any atom is 0.230 e. The molecule has 126 valence electrons. The van der Waals surface area contributed by atoms with Crippen LogP contribution in [0.3, 0.4) is 0 Å². The smallest absolute Gasteiger partial charge is 0.230 e. The van der Waals surface area contributed by atoms with Crippen LogP contribution in [0.15, 0.2) is 46.9 Å². The molecule has 0 radical (unpaired) electrons. The van der Waals surface area contributed by atoms with Crippen molar-refractivity contribution in [3.63, 3.8) is 0 Å². The molecule has 4 heteroatoms. The van der Waals surface area contributed by atoms with Crippen molar-refractivity contribution in [2.24, 2.45) is 0 Å². The molecule has 0 aromatic heterocycles. The highest BCUT2D eigenvalue weighted by atomic mass is 79.9. The highest BCUT2D eigenvalue weighted by Gasteiger charge is 2.28. The van der Waals surface area contributed by atoms with Gasteiger partial charge in [-0.05, 0) is 48.6 Å². The number of amides is 1. The van der Waals surface area contributed by atoms with Gasteiger partial charge in [-0.1, -0.05) is 40.2 Å². The Balaban J connectivity index is 1.80. The minimum Gasteiger partial charge on any atom is -0.496 e. The lowest BCUT2D eigenvalue weighted by molar-refractivity contribution is -0.132. The molecular formula is C20H22BrNO2.